The number of carbonyl (C=O) groups is 2. The van der Waals surface area contributed by atoms with Crippen LogP contribution in [-0.4, -0.2) is 18.0 Å². The fourth-order valence-corrected chi connectivity index (χ4v) is 2.58. The number of nitrogens with zero attached hydrogens (tertiary/aromatic N) is 1. The number of carbonyl (C=O) groups excluding carboxylic acids is 2. The van der Waals surface area contributed by atoms with E-state index in [4.69, 9.17) is 23.2 Å². The van der Waals surface area contributed by atoms with Gasteiger partial charge in [-0.3, -0.25) is 9.59 Å². The Bertz CT molecular complexity index is 821. The summed E-state index contributed by atoms with van der Waals surface area (Å²) in [5.41, 5.74) is 4.25. The molecule has 136 valence electrons. The number of hydrazone groups is 1. The van der Waals surface area contributed by atoms with Gasteiger partial charge in [-0.1, -0.05) is 62.2 Å². The Morgan fingerprint density at radius 3 is 2.08 bits per heavy atom. The second-order valence-electron chi connectivity index (χ2n) is 6.62. The predicted molar refractivity (Wildman–Crippen MR) is 106 cm³/mol. The lowest BCUT2D eigenvalue weighted by Gasteiger charge is -2.19. The maximum atomic E-state index is 11.9. The van der Waals surface area contributed by atoms with Crippen molar-refractivity contribution < 1.29 is 9.59 Å². The molecule has 2 rings (SSSR count). The molecule has 2 N–H and O–H groups in total. The number of rotatable bonds is 3. The van der Waals surface area contributed by atoms with Crippen molar-refractivity contribution in [3.63, 3.8) is 0 Å². The van der Waals surface area contributed by atoms with Crippen LogP contribution in [0, 0.1) is 0 Å². The Morgan fingerprint density at radius 1 is 0.962 bits per heavy atom. The fourth-order valence-electron chi connectivity index (χ4n) is 2.08. The standard InChI is InChI=1S/C19H19Cl2N3O2/c1-19(2,3)12-7-9-13(10-8-12)23-17(25)18(26)24-22-11-14-15(20)5-4-6-16(14)21/h4-11H,1-3H3,(H,23,25)(H,24,26)/b22-11-. The quantitative estimate of drug-likeness (QED) is 0.462. The second-order valence-corrected chi connectivity index (χ2v) is 7.43. The third-order valence-electron chi connectivity index (χ3n) is 3.57. The summed E-state index contributed by atoms with van der Waals surface area (Å²) in [4.78, 5) is 23.8. The highest BCUT2D eigenvalue weighted by Gasteiger charge is 2.15. The highest BCUT2D eigenvalue weighted by Crippen LogP contribution is 2.23. The molecule has 0 unspecified atom stereocenters. The van der Waals surface area contributed by atoms with Crippen LogP contribution in [0.4, 0.5) is 5.69 Å². The molecule has 0 atom stereocenters. The van der Waals surface area contributed by atoms with E-state index in [1.165, 1.54) is 6.21 Å². The van der Waals surface area contributed by atoms with Crippen LogP contribution < -0.4 is 10.7 Å². The summed E-state index contributed by atoms with van der Waals surface area (Å²) in [5.74, 6) is -1.72. The van der Waals surface area contributed by atoms with E-state index in [0.717, 1.165) is 5.56 Å². The van der Waals surface area contributed by atoms with Gasteiger partial charge in [-0.05, 0) is 35.2 Å². The number of anilines is 1. The topological polar surface area (TPSA) is 70.6 Å². The van der Waals surface area contributed by atoms with Crippen LogP contribution >= 0.6 is 23.2 Å². The van der Waals surface area contributed by atoms with E-state index in [9.17, 15) is 9.59 Å². The molecule has 2 aromatic rings. The maximum absolute atomic E-state index is 11.9. The molecular weight excluding hydrogens is 373 g/mol. The molecule has 0 saturated carbocycles. The Labute approximate surface area is 162 Å². The molecule has 2 amide bonds. The second kappa shape index (κ2) is 8.34. The molecule has 0 heterocycles. The zero-order valence-electron chi connectivity index (χ0n) is 14.6. The minimum atomic E-state index is -0.899. The van der Waals surface area contributed by atoms with E-state index in [2.05, 4.69) is 36.6 Å². The summed E-state index contributed by atoms with van der Waals surface area (Å²) in [7, 11) is 0. The average molecular weight is 392 g/mol. The summed E-state index contributed by atoms with van der Waals surface area (Å²) in [5, 5.41) is 7.01. The third kappa shape index (κ3) is 5.31. The Hall–Kier alpha value is -2.37. The SMILES string of the molecule is CC(C)(C)c1ccc(NC(=O)C(=O)N/N=C\c2c(Cl)cccc2Cl)cc1. The molecule has 26 heavy (non-hydrogen) atoms. The summed E-state index contributed by atoms with van der Waals surface area (Å²) in [6.07, 6.45) is 1.29. The first-order valence-corrected chi connectivity index (χ1v) is 8.63. The van der Waals surface area contributed by atoms with Gasteiger partial charge in [-0.2, -0.15) is 5.10 Å². The van der Waals surface area contributed by atoms with Gasteiger partial charge < -0.3 is 5.32 Å². The summed E-state index contributed by atoms with van der Waals surface area (Å²) < 4.78 is 0. The monoisotopic (exact) mass is 391 g/mol. The number of amides is 2. The van der Waals surface area contributed by atoms with E-state index >= 15 is 0 Å². The van der Waals surface area contributed by atoms with Crippen molar-refractivity contribution in [2.45, 2.75) is 26.2 Å². The summed E-state index contributed by atoms with van der Waals surface area (Å²) in [6.45, 7) is 6.28. The molecule has 0 aliphatic carbocycles. The van der Waals surface area contributed by atoms with Gasteiger partial charge in [0.2, 0.25) is 0 Å². The van der Waals surface area contributed by atoms with E-state index in [1.807, 2.05) is 12.1 Å². The third-order valence-corrected chi connectivity index (χ3v) is 4.23. The van der Waals surface area contributed by atoms with E-state index in [-0.39, 0.29) is 5.41 Å². The molecular formula is C19H19Cl2N3O2. The lowest BCUT2D eigenvalue weighted by Crippen LogP contribution is -2.32. The average Bonchev–Trinajstić information content (AvgIpc) is 2.57. The molecule has 0 aromatic heterocycles. The summed E-state index contributed by atoms with van der Waals surface area (Å²) in [6, 6.07) is 12.3. The van der Waals surface area contributed by atoms with Crippen molar-refractivity contribution in [2.24, 2.45) is 5.10 Å². The smallest absolute Gasteiger partial charge is 0.318 e. The molecule has 0 aliphatic heterocycles. The number of benzene rings is 2. The van der Waals surface area contributed by atoms with Gasteiger partial charge in [-0.15, -0.1) is 0 Å². The van der Waals surface area contributed by atoms with Crippen LogP contribution in [0.25, 0.3) is 0 Å². The van der Waals surface area contributed by atoms with Crippen molar-refractivity contribution in [3.8, 4) is 0 Å². The van der Waals surface area contributed by atoms with Crippen molar-refractivity contribution in [2.75, 3.05) is 5.32 Å². The highest BCUT2D eigenvalue weighted by molar-refractivity contribution is 6.40. The molecule has 0 bridgehead atoms. The first kappa shape index (κ1) is 19.9. The van der Waals surface area contributed by atoms with Gasteiger partial charge in [0.05, 0.1) is 16.3 Å². The molecule has 5 nitrogen and oxygen atoms in total. The number of hydrogen-bond acceptors (Lipinski definition) is 3. The van der Waals surface area contributed by atoms with Crippen LogP contribution in [0.3, 0.4) is 0 Å². The molecule has 0 fully saturated rings. The first-order valence-electron chi connectivity index (χ1n) is 7.87. The van der Waals surface area contributed by atoms with E-state index in [0.29, 0.717) is 21.3 Å². The molecule has 2 aromatic carbocycles. The van der Waals surface area contributed by atoms with E-state index in [1.54, 1.807) is 30.3 Å². The number of nitrogens with one attached hydrogen (secondary N) is 2. The number of hydrogen-bond donors (Lipinski definition) is 2. The molecule has 0 aliphatic rings. The predicted octanol–water partition coefficient (Wildman–Crippen LogP) is 4.38. The largest absolute Gasteiger partial charge is 0.329 e. The van der Waals surface area contributed by atoms with E-state index < -0.39 is 11.8 Å². The van der Waals surface area contributed by atoms with Crippen LogP contribution in [0.2, 0.25) is 10.0 Å². The first-order chi connectivity index (χ1) is 12.2. The van der Waals surface area contributed by atoms with Crippen LogP contribution in [0.15, 0.2) is 47.6 Å². The van der Waals surface area contributed by atoms with Gasteiger partial charge in [0.25, 0.3) is 0 Å². The van der Waals surface area contributed by atoms with Gasteiger partial charge in [0.1, 0.15) is 0 Å². The highest BCUT2D eigenvalue weighted by atomic mass is 35.5. The Balaban J connectivity index is 1.95. The van der Waals surface area contributed by atoms with Crippen LogP contribution in [0.1, 0.15) is 31.9 Å². The van der Waals surface area contributed by atoms with Gasteiger partial charge in [0, 0.05) is 11.3 Å². The molecule has 7 heteroatoms. The Morgan fingerprint density at radius 2 is 1.54 bits per heavy atom. The molecule has 0 radical (unpaired) electrons. The molecule has 0 saturated heterocycles. The van der Waals surface area contributed by atoms with Gasteiger partial charge >= 0.3 is 11.8 Å². The van der Waals surface area contributed by atoms with Gasteiger partial charge in [-0.25, -0.2) is 5.43 Å². The lowest BCUT2D eigenvalue weighted by atomic mass is 9.87. The van der Waals surface area contributed by atoms with Crippen molar-refractivity contribution in [3.05, 3.63) is 63.6 Å². The fraction of sp³-hybridized carbons (Fsp3) is 0.211. The summed E-state index contributed by atoms with van der Waals surface area (Å²) >= 11 is 12.0. The zero-order valence-corrected chi connectivity index (χ0v) is 16.2. The Kier molecular flexibility index (Phi) is 6.40. The maximum Gasteiger partial charge on any atom is 0.329 e. The van der Waals surface area contributed by atoms with Crippen molar-refractivity contribution in [1.82, 2.24) is 5.43 Å². The van der Waals surface area contributed by atoms with Crippen molar-refractivity contribution in [1.29, 1.82) is 0 Å². The zero-order chi connectivity index (χ0) is 19.3. The van der Waals surface area contributed by atoms with Gasteiger partial charge in [0.15, 0.2) is 0 Å². The minimum absolute atomic E-state index is 0.00855. The number of halogens is 2. The normalized spacial score (nSPS) is 11.4. The van der Waals surface area contributed by atoms with Crippen LogP contribution in [-0.2, 0) is 15.0 Å². The molecule has 0 spiro atoms. The van der Waals surface area contributed by atoms with Crippen LogP contribution in [0.5, 0.6) is 0 Å². The lowest BCUT2D eigenvalue weighted by molar-refractivity contribution is -0.136. The minimum Gasteiger partial charge on any atom is -0.318 e. The van der Waals surface area contributed by atoms with Crippen molar-refractivity contribution >= 4 is 46.9 Å².